The molecule has 0 radical (unpaired) electrons. The lowest BCUT2D eigenvalue weighted by Crippen LogP contribution is -2.15. The summed E-state index contributed by atoms with van der Waals surface area (Å²) in [4.78, 5) is 10.7. The second kappa shape index (κ2) is 3.80. The van der Waals surface area contributed by atoms with E-state index in [0.717, 1.165) is 6.07 Å². The van der Waals surface area contributed by atoms with E-state index in [4.69, 9.17) is 5.11 Å². The van der Waals surface area contributed by atoms with Gasteiger partial charge in [0.15, 0.2) is 0 Å². The molecule has 0 aromatic heterocycles. The molecular weight excluding hydrogens is 282 g/mol. The molecule has 1 aliphatic rings. The van der Waals surface area contributed by atoms with Crippen LogP contribution in [0.25, 0.3) is 0 Å². The van der Waals surface area contributed by atoms with Crippen molar-refractivity contribution in [3.05, 3.63) is 33.8 Å². The van der Waals surface area contributed by atoms with Crippen LogP contribution in [-0.4, -0.2) is 11.1 Å². The van der Waals surface area contributed by atoms with E-state index in [9.17, 15) is 13.6 Å². The van der Waals surface area contributed by atoms with E-state index in [0.29, 0.717) is 18.4 Å². The lowest BCUT2D eigenvalue weighted by Gasteiger charge is -2.14. The van der Waals surface area contributed by atoms with E-state index in [-0.39, 0.29) is 10.9 Å². The van der Waals surface area contributed by atoms with Gasteiger partial charge in [-0.1, -0.05) is 0 Å². The van der Waals surface area contributed by atoms with Crippen molar-refractivity contribution in [2.24, 2.45) is 0 Å². The van der Waals surface area contributed by atoms with Gasteiger partial charge in [0.05, 0.1) is 10.9 Å². The van der Waals surface area contributed by atoms with Crippen LogP contribution in [0.2, 0.25) is 0 Å². The highest BCUT2D eigenvalue weighted by atomic mass is 79.9. The largest absolute Gasteiger partial charge is 0.481 e. The molecule has 1 fully saturated rings. The van der Waals surface area contributed by atoms with E-state index in [1.165, 1.54) is 6.07 Å². The molecule has 0 amide bonds. The zero-order valence-electron chi connectivity index (χ0n) is 8.27. The standard InChI is InChI=1S/C11H9BrF2O2/c12-7-3-6(8(13)4-9(7)14)11(1-2-11)5-10(15)16/h3-4H,1-2,5H2,(H,15,16). The van der Waals surface area contributed by atoms with Gasteiger partial charge >= 0.3 is 5.97 Å². The van der Waals surface area contributed by atoms with Gasteiger partial charge in [-0.3, -0.25) is 4.79 Å². The third-order valence-corrected chi connectivity index (χ3v) is 3.53. The monoisotopic (exact) mass is 290 g/mol. The Labute approximate surface area is 99.4 Å². The number of benzene rings is 1. The van der Waals surface area contributed by atoms with Crippen molar-refractivity contribution in [1.29, 1.82) is 0 Å². The third kappa shape index (κ3) is 1.96. The molecule has 0 aliphatic heterocycles. The minimum Gasteiger partial charge on any atom is -0.481 e. The van der Waals surface area contributed by atoms with Crippen LogP contribution in [0.3, 0.4) is 0 Å². The Kier molecular flexibility index (Phi) is 2.74. The van der Waals surface area contributed by atoms with Crippen LogP contribution in [0.4, 0.5) is 8.78 Å². The first-order chi connectivity index (χ1) is 7.44. The smallest absolute Gasteiger partial charge is 0.304 e. The van der Waals surface area contributed by atoms with Gasteiger partial charge in [0.1, 0.15) is 11.6 Å². The summed E-state index contributed by atoms with van der Waals surface area (Å²) in [5, 5.41) is 8.76. The maximum Gasteiger partial charge on any atom is 0.304 e. The summed E-state index contributed by atoms with van der Waals surface area (Å²) in [6, 6.07) is 2.14. The molecule has 0 heterocycles. The minimum absolute atomic E-state index is 0.109. The van der Waals surface area contributed by atoms with Crippen LogP contribution < -0.4 is 0 Å². The highest BCUT2D eigenvalue weighted by molar-refractivity contribution is 9.10. The SMILES string of the molecule is O=C(O)CC1(c2cc(Br)c(F)cc2F)CC1. The molecule has 1 N–H and O–H groups in total. The number of aliphatic carboxylic acids is 1. The maximum atomic E-state index is 13.6. The first kappa shape index (κ1) is 11.5. The fourth-order valence-corrected chi connectivity index (χ4v) is 2.25. The fraction of sp³-hybridized carbons (Fsp3) is 0.364. The zero-order chi connectivity index (χ0) is 11.9. The molecule has 1 aliphatic carbocycles. The van der Waals surface area contributed by atoms with Crippen LogP contribution in [-0.2, 0) is 10.2 Å². The molecule has 2 rings (SSSR count). The van der Waals surface area contributed by atoms with Crippen LogP contribution >= 0.6 is 15.9 Å². The molecule has 1 saturated carbocycles. The maximum absolute atomic E-state index is 13.6. The number of carbonyl (C=O) groups is 1. The van der Waals surface area contributed by atoms with E-state index < -0.39 is 23.0 Å². The Morgan fingerprint density at radius 3 is 2.50 bits per heavy atom. The van der Waals surface area contributed by atoms with E-state index >= 15 is 0 Å². The lowest BCUT2D eigenvalue weighted by molar-refractivity contribution is -0.137. The van der Waals surface area contributed by atoms with Gasteiger partial charge in [-0.05, 0) is 40.4 Å². The molecule has 0 spiro atoms. The summed E-state index contributed by atoms with van der Waals surface area (Å²) >= 11 is 2.98. The van der Waals surface area contributed by atoms with Crippen LogP contribution in [0.15, 0.2) is 16.6 Å². The Bertz CT molecular complexity index is 456. The Morgan fingerprint density at radius 2 is 2.00 bits per heavy atom. The van der Waals surface area contributed by atoms with Crippen LogP contribution in [0, 0.1) is 11.6 Å². The number of carboxylic acid groups (broad SMARTS) is 1. The molecule has 1 aromatic rings. The van der Waals surface area contributed by atoms with Gasteiger partial charge in [0.25, 0.3) is 0 Å². The number of hydrogen-bond acceptors (Lipinski definition) is 1. The quantitative estimate of drug-likeness (QED) is 0.868. The van der Waals surface area contributed by atoms with Crippen molar-refractivity contribution in [3.63, 3.8) is 0 Å². The molecule has 16 heavy (non-hydrogen) atoms. The normalized spacial score (nSPS) is 17.2. The second-order valence-electron chi connectivity index (χ2n) is 4.10. The van der Waals surface area contributed by atoms with Gasteiger partial charge in [-0.2, -0.15) is 0 Å². The highest BCUT2D eigenvalue weighted by Crippen LogP contribution is 2.52. The number of carboxylic acids is 1. The Balaban J connectivity index is 2.41. The summed E-state index contributed by atoms with van der Waals surface area (Å²) in [5.74, 6) is -2.30. The van der Waals surface area contributed by atoms with Gasteiger partial charge in [0.2, 0.25) is 0 Å². The van der Waals surface area contributed by atoms with Gasteiger partial charge in [0, 0.05) is 11.5 Å². The van der Waals surface area contributed by atoms with Crippen molar-refractivity contribution >= 4 is 21.9 Å². The zero-order valence-corrected chi connectivity index (χ0v) is 9.85. The minimum atomic E-state index is -0.961. The molecular formula is C11H9BrF2O2. The summed E-state index contributed by atoms with van der Waals surface area (Å²) in [5.41, 5.74) is -0.338. The first-order valence-corrected chi connectivity index (χ1v) is 5.61. The molecule has 0 bridgehead atoms. The Hall–Kier alpha value is -0.970. The van der Waals surface area contributed by atoms with Gasteiger partial charge < -0.3 is 5.11 Å². The summed E-state index contributed by atoms with van der Waals surface area (Å²) in [7, 11) is 0. The van der Waals surface area contributed by atoms with E-state index in [1.807, 2.05) is 0 Å². The van der Waals surface area contributed by atoms with Crippen molar-refractivity contribution < 1.29 is 18.7 Å². The third-order valence-electron chi connectivity index (χ3n) is 2.92. The van der Waals surface area contributed by atoms with E-state index in [2.05, 4.69) is 15.9 Å². The van der Waals surface area contributed by atoms with Crippen molar-refractivity contribution in [2.45, 2.75) is 24.7 Å². The average Bonchev–Trinajstić information content (AvgIpc) is 2.91. The molecule has 0 atom stereocenters. The van der Waals surface area contributed by atoms with Crippen molar-refractivity contribution in [3.8, 4) is 0 Å². The topological polar surface area (TPSA) is 37.3 Å². The van der Waals surface area contributed by atoms with Gasteiger partial charge in [-0.15, -0.1) is 0 Å². The van der Waals surface area contributed by atoms with Crippen LogP contribution in [0.5, 0.6) is 0 Å². The molecule has 0 unspecified atom stereocenters. The van der Waals surface area contributed by atoms with E-state index in [1.54, 1.807) is 0 Å². The number of halogens is 3. The average molecular weight is 291 g/mol. The fourth-order valence-electron chi connectivity index (χ4n) is 1.91. The molecule has 5 heteroatoms. The summed E-state index contributed by atoms with van der Waals surface area (Å²) in [6.45, 7) is 0. The molecule has 2 nitrogen and oxygen atoms in total. The molecule has 1 aromatic carbocycles. The molecule has 86 valence electrons. The summed E-state index contributed by atoms with van der Waals surface area (Å²) in [6.07, 6.45) is 1.16. The second-order valence-corrected chi connectivity index (χ2v) is 4.95. The highest BCUT2D eigenvalue weighted by Gasteiger charge is 2.47. The Morgan fingerprint density at radius 1 is 1.38 bits per heavy atom. The van der Waals surface area contributed by atoms with Crippen molar-refractivity contribution in [2.75, 3.05) is 0 Å². The number of rotatable bonds is 3. The predicted octanol–water partition coefficient (Wildman–Crippen LogP) is 3.23. The summed E-state index contributed by atoms with van der Waals surface area (Å²) < 4.78 is 26.8. The molecule has 0 saturated heterocycles. The van der Waals surface area contributed by atoms with Crippen molar-refractivity contribution in [1.82, 2.24) is 0 Å². The lowest BCUT2D eigenvalue weighted by atomic mass is 9.92. The van der Waals surface area contributed by atoms with Gasteiger partial charge in [-0.25, -0.2) is 8.78 Å². The number of hydrogen-bond donors (Lipinski definition) is 1. The first-order valence-electron chi connectivity index (χ1n) is 4.81. The van der Waals surface area contributed by atoms with Crippen LogP contribution in [0.1, 0.15) is 24.8 Å². The predicted molar refractivity (Wildman–Crippen MR) is 57.2 cm³/mol.